The average Bonchev–Trinajstić information content (AvgIpc) is 3.69. The molecule has 0 aliphatic rings. The summed E-state index contributed by atoms with van der Waals surface area (Å²) in [6.45, 7) is 0. The second kappa shape index (κ2) is 10.3. The van der Waals surface area contributed by atoms with Gasteiger partial charge in [-0.2, -0.15) is 0 Å². The van der Waals surface area contributed by atoms with Gasteiger partial charge in [0.15, 0.2) is 0 Å². The van der Waals surface area contributed by atoms with Crippen LogP contribution in [0.1, 0.15) is 0 Å². The van der Waals surface area contributed by atoms with Crippen LogP contribution in [0.4, 0.5) is 17.1 Å². The maximum absolute atomic E-state index is 6.44. The van der Waals surface area contributed by atoms with Crippen molar-refractivity contribution in [2.24, 2.45) is 0 Å². The van der Waals surface area contributed by atoms with Crippen molar-refractivity contribution in [1.82, 2.24) is 0 Å². The molecule has 0 saturated carbocycles. The Kier molecular flexibility index (Phi) is 5.78. The molecule has 0 spiro atoms. The maximum Gasteiger partial charge on any atom is 0.137 e. The van der Waals surface area contributed by atoms with Crippen LogP contribution in [0.5, 0.6) is 0 Å². The second-order valence-electron chi connectivity index (χ2n) is 12.1. The molecule has 0 aliphatic carbocycles. The normalized spacial score (nSPS) is 11.8. The van der Waals surface area contributed by atoms with Crippen LogP contribution in [0.2, 0.25) is 0 Å². The van der Waals surface area contributed by atoms with E-state index >= 15 is 0 Å². The van der Waals surface area contributed by atoms with Gasteiger partial charge in [-0.1, -0.05) is 115 Å². The summed E-state index contributed by atoms with van der Waals surface area (Å²) >= 11 is 1.86. The van der Waals surface area contributed by atoms with Gasteiger partial charge in [0.25, 0.3) is 0 Å². The summed E-state index contributed by atoms with van der Waals surface area (Å²) in [4.78, 5) is 2.43. The minimum atomic E-state index is 0.882. The molecule has 0 radical (unpaired) electrons. The lowest BCUT2D eigenvalue weighted by atomic mass is 9.97. The first kappa shape index (κ1) is 26.3. The number of hydrogen-bond donors (Lipinski definition) is 0. The number of benzene rings is 8. The summed E-state index contributed by atoms with van der Waals surface area (Å²) in [7, 11) is 0. The van der Waals surface area contributed by atoms with Crippen molar-refractivity contribution in [3.63, 3.8) is 0 Å². The van der Waals surface area contributed by atoms with E-state index in [0.717, 1.165) is 33.3 Å². The van der Waals surface area contributed by atoms with Crippen LogP contribution in [0.25, 0.3) is 74.8 Å². The molecule has 0 saturated heterocycles. The first-order valence-electron chi connectivity index (χ1n) is 15.9. The lowest BCUT2D eigenvalue weighted by Crippen LogP contribution is -2.11. The third-order valence-corrected chi connectivity index (χ3v) is 10.6. The minimum Gasteiger partial charge on any atom is -0.456 e. The molecule has 47 heavy (non-hydrogen) atoms. The van der Waals surface area contributed by atoms with E-state index in [1.165, 1.54) is 58.5 Å². The number of nitrogens with zero attached hydrogens (tertiary/aromatic N) is 1. The Balaban J connectivity index is 1.26. The Hall–Kier alpha value is -5.90. The maximum atomic E-state index is 6.44. The van der Waals surface area contributed by atoms with E-state index in [4.69, 9.17) is 4.42 Å². The Morgan fingerprint density at radius 2 is 1.09 bits per heavy atom. The summed E-state index contributed by atoms with van der Waals surface area (Å²) in [6, 6.07) is 59.1. The highest BCUT2D eigenvalue weighted by Gasteiger charge is 2.23. The summed E-state index contributed by atoms with van der Waals surface area (Å²) in [5.41, 5.74) is 7.56. The first-order valence-corrected chi connectivity index (χ1v) is 16.7. The van der Waals surface area contributed by atoms with Gasteiger partial charge < -0.3 is 9.32 Å². The van der Waals surface area contributed by atoms with Crippen molar-refractivity contribution in [3.05, 3.63) is 164 Å². The fourth-order valence-electron chi connectivity index (χ4n) is 7.29. The van der Waals surface area contributed by atoms with Crippen LogP contribution in [-0.4, -0.2) is 0 Å². The predicted molar refractivity (Wildman–Crippen MR) is 202 cm³/mol. The van der Waals surface area contributed by atoms with Gasteiger partial charge in [0.05, 0.1) is 5.69 Å². The molecule has 0 N–H and O–H groups in total. The highest BCUT2D eigenvalue weighted by atomic mass is 32.1. The van der Waals surface area contributed by atoms with Crippen LogP contribution >= 0.6 is 11.3 Å². The van der Waals surface area contributed by atoms with Crippen LogP contribution in [0, 0.1) is 0 Å². The predicted octanol–water partition coefficient (Wildman–Crippen LogP) is 13.4. The molecular weight excluding hydrogens is 591 g/mol. The molecule has 2 aromatic heterocycles. The first-order chi connectivity index (χ1) is 23.3. The van der Waals surface area contributed by atoms with Gasteiger partial charge in [-0.15, -0.1) is 11.3 Å². The van der Waals surface area contributed by atoms with E-state index in [0.29, 0.717) is 0 Å². The third kappa shape index (κ3) is 4.10. The van der Waals surface area contributed by atoms with Gasteiger partial charge in [-0.05, 0) is 69.8 Å². The highest BCUT2D eigenvalue weighted by molar-refractivity contribution is 7.26. The topological polar surface area (TPSA) is 16.4 Å². The molecule has 0 amide bonds. The summed E-state index contributed by atoms with van der Waals surface area (Å²) in [6.07, 6.45) is 0. The zero-order valence-electron chi connectivity index (χ0n) is 25.4. The van der Waals surface area contributed by atoms with Crippen molar-refractivity contribution in [1.29, 1.82) is 0 Å². The molecule has 10 rings (SSSR count). The standard InChI is InChI=1S/C44H27NOS/c1-3-13-33-28(10-1)12-9-17-34(33)29-20-22-31(23-21-29)45(32-24-25-37-36-15-5-7-18-39(36)46-40(37)27-32)44-35-14-4-2-11-30(35)26-42-43(44)38-16-6-8-19-41(38)47-42/h1-27H. The van der Waals surface area contributed by atoms with Gasteiger partial charge in [0, 0.05) is 53.8 Å². The van der Waals surface area contributed by atoms with Crippen molar-refractivity contribution in [2.75, 3.05) is 4.90 Å². The summed E-state index contributed by atoms with van der Waals surface area (Å²) in [5.74, 6) is 0. The van der Waals surface area contributed by atoms with Gasteiger partial charge >= 0.3 is 0 Å². The highest BCUT2D eigenvalue weighted by Crippen LogP contribution is 2.49. The van der Waals surface area contributed by atoms with Gasteiger partial charge in [-0.25, -0.2) is 0 Å². The summed E-state index contributed by atoms with van der Waals surface area (Å²) in [5, 5.41) is 9.75. The smallest absolute Gasteiger partial charge is 0.137 e. The van der Waals surface area contributed by atoms with Crippen molar-refractivity contribution < 1.29 is 4.42 Å². The van der Waals surface area contributed by atoms with Crippen LogP contribution < -0.4 is 4.90 Å². The molecule has 3 heteroatoms. The Morgan fingerprint density at radius 1 is 0.426 bits per heavy atom. The van der Waals surface area contributed by atoms with E-state index in [2.05, 4.69) is 157 Å². The molecule has 2 heterocycles. The molecule has 0 fully saturated rings. The largest absolute Gasteiger partial charge is 0.456 e. The van der Waals surface area contributed by atoms with Crippen LogP contribution in [-0.2, 0) is 0 Å². The second-order valence-corrected chi connectivity index (χ2v) is 13.2. The van der Waals surface area contributed by atoms with E-state index < -0.39 is 0 Å². The molecule has 0 bridgehead atoms. The zero-order valence-corrected chi connectivity index (χ0v) is 26.2. The van der Waals surface area contributed by atoms with Crippen molar-refractivity contribution in [2.45, 2.75) is 0 Å². The van der Waals surface area contributed by atoms with Crippen molar-refractivity contribution in [3.8, 4) is 11.1 Å². The molecule has 0 atom stereocenters. The average molecular weight is 618 g/mol. The molecule has 220 valence electrons. The Labute approximate surface area is 275 Å². The van der Waals surface area contributed by atoms with Gasteiger partial charge in [-0.3, -0.25) is 0 Å². The van der Waals surface area contributed by atoms with Crippen molar-refractivity contribution >= 4 is 92.1 Å². The monoisotopic (exact) mass is 617 g/mol. The molecule has 0 aliphatic heterocycles. The quantitative estimate of drug-likeness (QED) is 0.195. The molecular formula is C44H27NOS. The lowest BCUT2D eigenvalue weighted by molar-refractivity contribution is 0.669. The number of furan rings is 1. The van der Waals surface area contributed by atoms with E-state index in [1.807, 2.05) is 23.5 Å². The van der Waals surface area contributed by atoms with Crippen LogP contribution in [0.15, 0.2) is 168 Å². The SMILES string of the molecule is c1ccc2c(-c3ccc(N(c4ccc5c(c4)oc4ccccc45)c4c5ccccc5cc5sc6ccccc6c45)cc3)cccc2c1. The Bertz CT molecular complexity index is 2800. The minimum absolute atomic E-state index is 0.882. The molecule has 2 nitrogen and oxygen atoms in total. The van der Waals surface area contributed by atoms with E-state index in [-0.39, 0.29) is 0 Å². The van der Waals surface area contributed by atoms with Gasteiger partial charge in [0.1, 0.15) is 11.2 Å². The van der Waals surface area contributed by atoms with Gasteiger partial charge in [0.2, 0.25) is 0 Å². The zero-order chi connectivity index (χ0) is 30.9. The fourth-order valence-corrected chi connectivity index (χ4v) is 8.44. The lowest BCUT2D eigenvalue weighted by Gasteiger charge is -2.28. The number of thiophene rings is 1. The number of anilines is 3. The third-order valence-electron chi connectivity index (χ3n) is 9.43. The van der Waals surface area contributed by atoms with E-state index in [9.17, 15) is 0 Å². The summed E-state index contributed by atoms with van der Waals surface area (Å²) < 4.78 is 9.01. The fraction of sp³-hybridized carbons (Fsp3) is 0. The van der Waals surface area contributed by atoms with Crippen LogP contribution in [0.3, 0.4) is 0 Å². The number of fused-ring (bicyclic) bond motifs is 8. The molecule has 10 aromatic rings. The number of hydrogen-bond acceptors (Lipinski definition) is 3. The molecule has 8 aromatic carbocycles. The number of para-hydroxylation sites is 1. The molecule has 0 unspecified atom stereocenters. The number of rotatable bonds is 4. The Morgan fingerprint density at radius 3 is 1.96 bits per heavy atom. The van der Waals surface area contributed by atoms with E-state index in [1.54, 1.807) is 0 Å².